The second-order valence-corrected chi connectivity index (χ2v) is 7.50. The highest BCUT2D eigenvalue weighted by molar-refractivity contribution is 5.94. The van der Waals surface area contributed by atoms with Crippen molar-refractivity contribution in [3.63, 3.8) is 0 Å². The predicted octanol–water partition coefficient (Wildman–Crippen LogP) is 1.62. The van der Waals surface area contributed by atoms with Gasteiger partial charge in [-0.15, -0.1) is 0 Å². The number of pyridine rings is 2. The van der Waals surface area contributed by atoms with Gasteiger partial charge in [-0.05, 0) is 49.4 Å². The minimum absolute atomic E-state index is 0.434. The van der Waals surface area contributed by atoms with Gasteiger partial charge >= 0.3 is 0 Å². The molecule has 2 fully saturated rings. The molecule has 4 heterocycles. The van der Waals surface area contributed by atoms with E-state index in [2.05, 4.69) is 21.3 Å². The molecule has 0 aliphatic carbocycles. The highest BCUT2D eigenvalue weighted by Crippen LogP contribution is 2.25. The summed E-state index contributed by atoms with van der Waals surface area (Å²) < 4.78 is 5.45. The fourth-order valence-corrected chi connectivity index (χ4v) is 3.86. The number of carbonyl (C=O) groups excluding carboxylic acids is 1. The minimum atomic E-state index is -0.434. The van der Waals surface area contributed by atoms with E-state index in [4.69, 9.17) is 15.5 Å². The summed E-state index contributed by atoms with van der Waals surface area (Å²) in [7, 11) is 0. The lowest BCUT2D eigenvalue weighted by Crippen LogP contribution is -2.44. The molecule has 2 aromatic heterocycles. The number of nitrogens with one attached hydrogen (secondary N) is 1. The number of rotatable bonds is 5. The molecule has 2 aliphatic rings. The Labute approximate surface area is 165 Å². The third-order valence-electron chi connectivity index (χ3n) is 5.49. The highest BCUT2D eigenvalue weighted by Gasteiger charge is 2.18. The summed E-state index contributed by atoms with van der Waals surface area (Å²) in [6.07, 6.45) is 4.92. The number of ether oxygens (including phenoxy) is 1. The Morgan fingerprint density at radius 3 is 2.75 bits per heavy atom. The van der Waals surface area contributed by atoms with E-state index in [-0.39, 0.29) is 0 Å². The van der Waals surface area contributed by atoms with Gasteiger partial charge in [0.1, 0.15) is 5.82 Å². The van der Waals surface area contributed by atoms with Crippen LogP contribution in [0.2, 0.25) is 0 Å². The zero-order valence-electron chi connectivity index (χ0n) is 16.1. The van der Waals surface area contributed by atoms with Crippen molar-refractivity contribution in [2.45, 2.75) is 19.3 Å². The van der Waals surface area contributed by atoms with Gasteiger partial charge in [0.25, 0.3) is 0 Å². The Kier molecular flexibility index (Phi) is 5.83. The van der Waals surface area contributed by atoms with E-state index in [1.54, 1.807) is 12.1 Å². The molecule has 1 amide bonds. The lowest BCUT2D eigenvalue weighted by atomic mass is 9.94. The molecular formula is C21H27N5O2. The molecule has 0 aromatic carbocycles. The Morgan fingerprint density at radius 2 is 2.00 bits per heavy atom. The molecule has 0 spiro atoms. The Balaban J connectivity index is 1.62. The van der Waals surface area contributed by atoms with Crippen molar-refractivity contribution in [3.8, 4) is 11.3 Å². The lowest BCUT2D eigenvalue weighted by Gasteiger charge is -2.29. The first-order chi connectivity index (χ1) is 13.7. The van der Waals surface area contributed by atoms with Gasteiger partial charge in [0.2, 0.25) is 5.91 Å². The van der Waals surface area contributed by atoms with E-state index in [1.807, 2.05) is 12.3 Å². The lowest BCUT2D eigenvalue weighted by molar-refractivity contribution is 0.0663. The number of carbonyl (C=O) groups is 1. The molecule has 2 aliphatic heterocycles. The van der Waals surface area contributed by atoms with Crippen LogP contribution in [-0.2, 0) is 11.2 Å². The first kappa shape index (κ1) is 18.8. The maximum Gasteiger partial charge on any atom is 0.248 e. The fourth-order valence-electron chi connectivity index (χ4n) is 3.86. The summed E-state index contributed by atoms with van der Waals surface area (Å²) in [5, 5.41) is 3.34. The van der Waals surface area contributed by atoms with Crippen molar-refractivity contribution in [1.29, 1.82) is 0 Å². The van der Waals surface area contributed by atoms with Crippen molar-refractivity contribution in [1.82, 2.24) is 15.3 Å². The summed E-state index contributed by atoms with van der Waals surface area (Å²) in [6.45, 7) is 5.20. The van der Waals surface area contributed by atoms with Gasteiger partial charge in [0.15, 0.2) is 0 Å². The van der Waals surface area contributed by atoms with Gasteiger partial charge in [-0.25, -0.2) is 4.98 Å². The summed E-state index contributed by atoms with van der Waals surface area (Å²) in [4.78, 5) is 23.5. The second kappa shape index (κ2) is 8.67. The van der Waals surface area contributed by atoms with Gasteiger partial charge in [-0.3, -0.25) is 9.78 Å². The molecular weight excluding hydrogens is 354 g/mol. The summed E-state index contributed by atoms with van der Waals surface area (Å²) in [5.41, 5.74) is 8.87. The average molecular weight is 381 g/mol. The van der Waals surface area contributed by atoms with Gasteiger partial charge in [-0.2, -0.15) is 0 Å². The maximum atomic E-state index is 11.9. The normalized spacial score (nSPS) is 18.2. The van der Waals surface area contributed by atoms with Gasteiger partial charge in [0.05, 0.1) is 5.69 Å². The molecule has 0 atom stereocenters. The molecule has 148 valence electrons. The summed E-state index contributed by atoms with van der Waals surface area (Å²) >= 11 is 0. The number of nitrogens with two attached hydrogens (primary N) is 1. The van der Waals surface area contributed by atoms with E-state index in [0.29, 0.717) is 11.5 Å². The third kappa shape index (κ3) is 4.48. The Morgan fingerprint density at radius 1 is 1.21 bits per heavy atom. The minimum Gasteiger partial charge on any atom is -0.381 e. The van der Waals surface area contributed by atoms with Gasteiger partial charge < -0.3 is 20.7 Å². The zero-order chi connectivity index (χ0) is 19.3. The number of anilines is 1. The van der Waals surface area contributed by atoms with E-state index in [9.17, 15) is 4.79 Å². The largest absolute Gasteiger partial charge is 0.381 e. The monoisotopic (exact) mass is 381 g/mol. The molecule has 7 nitrogen and oxygen atoms in total. The van der Waals surface area contributed by atoms with Crippen LogP contribution in [0.15, 0.2) is 30.5 Å². The number of hydrogen-bond donors (Lipinski definition) is 2. The van der Waals surface area contributed by atoms with Crippen molar-refractivity contribution in [2.75, 3.05) is 44.3 Å². The van der Waals surface area contributed by atoms with Crippen LogP contribution in [0.4, 0.5) is 5.82 Å². The van der Waals surface area contributed by atoms with Gasteiger partial charge in [-0.1, -0.05) is 0 Å². The number of amides is 1. The smallest absolute Gasteiger partial charge is 0.248 e. The number of aromatic nitrogens is 2. The second-order valence-electron chi connectivity index (χ2n) is 7.50. The van der Waals surface area contributed by atoms with Crippen LogP contribution in [0.25, 0.3) is 11.3 Å². The molecule has 0 radical (unpaired) electrons. The molecule has 2 saturated heterocycles. The van der Waals surface area contributed by atoms with Crippen LogP contribution in [0.5, 0.6) is 0 Å². The Hall–Kier alpha value is -2.51. The van der Waals surface area contributed by atoms with Crippen LogP contribution in [0.1, 0.15) is 28.9 Å². The van der Waals surface area contributed by atoms with Crippen molar-refractivity contribution in [3.05, 3.63) is 41.7 Å². The van der Waals surface area contributed by atoms with E-state index < -0.39 is 5.91 Å². The number of hydrogen-bond acceptors (Lipinski definition) is 6. The summed E-state index contributed by atoms with van der Waals surface area (Å²) in [6, 6.07) is 7.61. The van der Waals surface area contributed by atoms with Crippen molar-refractivity contribution in [2.24, 2.45) is 11.7 Å². The molecule has 3 N–H and O–H groups in total. The zero-order valence-corrected chi connectivity index (χ0v) is 16.1. The molecule has 0 bridgehead atoms. The molecule has 28 heavy (non-hydrogen) atoms. The third-order valence-corrected chi connectivity index (χ3v) is 5.49. The molecule has 4 rings (SSSR count). The average Bonchev–Trinajstić information content (AvgIpc) is 2.75. The quantitative estimate of drug-likeness (QED) is 0.818. The van der Waals surface area contributed by atoms with Crippen LogP contribution in [0, 0.1) is 5.92 Å². The van der Waals surface area contributed by atoms with E-state index >= 15 is 0 Å². The molecule has 0 saturated carbocycles. The number of piperazine rings is 1. The van der Waals surface area contributed by atoms with Gasteiger partial charge in [0, 0.05) is 62.4 Å². The predicted molar refractivity (Wildman–Crippen MR) is 108 cm³/mol. The maximum absolute atomic E-state index is 11.9. The van der Waals surface area contributed by atoms with Crippen LogP contribution in [0.3, 0.4) is 0 Å². The van der Waals surface area contributed by atoms with Crippen molar-refractivity contribution >= 4 is 11.7 Å². The summed E-state index contributed by atoms with van der Waals surface area (Å²) in [5.74, 6) is 0.977. The number of primary amides is 1. The van der Waals surface area contributed by atoms with E-state index in [0.717, 1.165) is 81.4 Å². The first-order valence-electron chi connectivity index (χ1n) is 9.99. The molecule has 7 heteroatoms. The van der Waals surface area contributed by atoms with E-state index in [1.165, 1.54) is 0 Å². The molecule has 2 aromatic rings. The first-order valence-corrected chi connectivity index (χ1v) is 9.99. The molecule has 0 unspecified atom stereocenters. The fraction of sp³-hybridized carbons (Fsp3) is 0.476. The Bertz CT molecular complexity index is 829. The topological polar surface area (TPSA) is 93.4 Å². The van der Waals surface area contributed by atoms with Crippen LogP contribution < -0.4 is 16.0 Å². The SMILES string of the molecule is NC(=O)c1cc(-c2ccnc(CC3CCOCC3)c2)nc(N2CCNCC2)c1. The van der Waals surface area contributed by atoms with Crippen molar-refractivity contribution < 1.29 is 9.53 Å². The number of nitrogens with zero attached hydrogens (tertiary/aromatic N) is 3. The highest BCUT2D eigenvalue weighted by atomic mass is 16.5. The standard InChI is InChI=1S/C21H27N5O2/c22-21(27)17-13-19(25-20(14-17)26-7-5-23-6-8-26)16-1-4-24-18(12-16)11-15-2-9-28-10-3-15/h1,4,12-15,23H,2-3,5-11H2,(H2,22,27). The van der Waals surface area contributed by atoms with Crippen LogP contribution in [-0.4, -0.2) is 55.3 Å². The van der Waals surface area contributed by atoms with Crippen LogP contribution >= 0.6 is 0 Å².